The lowest BCUT2D eigenvalue weighted by molar-refractivity contribution is 0.574. The van der Waals surface area contributed by atoms with Gasteiger partial charge in [-0.25, -0.2) is 0 Å². The van der Waals surface area contributed by atoms with Gasteiger partial charge >= 0.3 is 0 Å². The normalized spacial score (nSPS) is 12.4. The highest BCUT2D eigenvalue weighted by molar-refractivity contribution is 6.34. The highest BCUT2D eigenvalue weighted by Gasteiger charge is 2.05. The van der Waals surface area contributed by atoms with Gasteiger partial charge in [0.15, 0.2) is 0 Å². The number of benzene rings is 1. The third kappa shape index (κ3) is 3.70. The SMILES string of the molecule is C[C@@H](NCc1cc(Cl)cc(Cl)c1)c1ccncc1. The molecule has 0 saturated heterocycles. The molecule has 0 aliphatic carbocycles. The molecule has 0 spiro atoms. The van der Waals surface area contributed by atoms with E-state index in [1.54, 1.807) is 18.5 Å². The van der Waals surface area contributed by atoms with Gasteiger partial charge in [0.2, 0.25) is 0 Å². The molecule has 1 atom stereocenters. The second-order valence-corrected chi connectivity index (χ2v) is 5.03. The molecule has 18 heavy (non-hydrogen) atoms. The van der Waals surface area contributed by atoms with Crippen LogP contribution in [0.3, 0.4) is 0 Å². The van der Waals surface area contributed by atoms with Crippen molar-refractivity contribution < 1.29 is 0 Å². The van der Waals surface area contributed by atoms with Gasteiger partial charge in [0.25, 0.3) is 0 Å². The van der Waals surface area contributed by atoms with Crippen LogP contribution in [0.1, 0.15) is 24.1 Å². The van der Waals surface area contributed by atoms with E-state index in [0.29, 0.717) is 10.0 Å². The first kappa shape index (κ1) is 13.3. The summed E-state index contributed by atoms with van der Waals surface area (Å²) in [7, 11) is 0. The van der Waals surface area contributed by atoms with Gasteiger partial charge in [-0.15, -0.1) is 0 Å². The summed E-state index contributed by atoms with van der Waals surface area (Å²) in [5.41, 5.74) is 2.28. The maximum Gasteiger partial charge on any atom is 0.0424 e. The lowest BCUT2D eigenvalue weighted by Gasteiger charge is -2.14. The van der Waals surface area contributed by atoms with E-state index in [0.717, 1.165) is 12.1 Å². The maximum absolute atomic E-state index is 5.96. The van der Waals surface area contributed by atoms with Crippen LogP contribution in [0.15, 0.2) is 42.7 Å². The Labute approximate surface area is 117 Å². The first-order valence-electron chi connectivity index (χ1n) is 5.73. The number of pyridine rings is 1. The van der Waals surface area contributed by atoms with Crippen molar-refractivity contribution in [3.8, 4) is 0 Å². The molecule has 0 amide bonds. The summed E-state index contributed by atoms with van der Waals surface area (Å²) in [5.74, 6) is 0. The molecule has 4 heteroatoms. The van der Waals surface area contributed by atoms with Crippen molar-refractivity contribution in [3.63, 3.8) is 0 Å². The number of hydrogen-bond acceptors (Lipinski definition) is 2. The number of halogens is 2. The van der Waals surface area contributed by atoms with Crippen LogP contribution in [-0.4, -0.2) is 4.98 Å². The van der Waals surface area contributed by atoms with Crippen molar-refractivity contribution in [2.24, 2.45) is 0 Å². The molecule has 2 nitrogen and oxygen atoms in total. The van der Waals surface area contributed by atoms with E-state index in [-0.39, 0.29) is 6.04 Å². The van der Waals surface area contributed by atoms with Crippen molar-refractivity contribution in [2.75, 3.05) is 0 Å². The first-order chi connectivity index (χ1) is 8.65. The number of rotatable bonds is 4. The topological polar surface area (TPSA) is 24.9 Å². The summed E-state index contributed by atoms with van der Waals surface area (Å²) in [6.45, 7) is 2.84. The Hall–Kier alpha value is -1.09. The van der Waals surface area contributed by atoms with Crippen molar-refractivity contribution in [3.05, 3.63) is 63.9 Å². The molecular formula is C14H14Cl2N2. The number of nitrogens with zero attached hydrogens (tertiary/aromatic N) is 1. The molecule has 0 saturated carbocycles. The first-order valence-corrected chi connectivity index (χ1v) is 6.49. The van der Waals surface area contributed by atoms with Gasteiger partial charge in [-0.1, -0.05) is 23.2 Å². The molecule has 0 fully saturated rings. The molecule has 1 N–H and O–H groups in total. The lowest BCUT2D eigenvalue weighted by atomic mass is 10.1. The van der Waals surface area contributed by atoms with Gasteiger partial charge < -0.3 is 5.32 Å². The Morgan fingerprint density at radius 1 is 1.11 bits per heavy atom. The Kier molecular flexibility index (Phi) is 4.59. The predicted molar refractivity (Wildman–Crippen MR) is 76.0 cm³/mol. The van der Waals surface area contributed by atoms with Gasteiger partial charge in [-0.05, 0) is 48.4 Å². The van der Waals surface area contributed by atoms with Crippen LogP contribution < -0.4 is 5.32 Å². The van der Waals surface area contributed by atoms with Crippen LogP contribution in [0.4, 0.5) is 0 Å². The molecule has 0 unspecified atom stereocenters. The van der Waals surface area contributed by atoms with Gasteiger partial charge in [0.05, 0.1) is 0 Å². The van der Waals surface area contributed by atoms with Crippen LogP contribution in [0, 0.1) is 0 Å². The second-order valence-electron chi connectivity index (χ2n) is 4.16. The summed E-state index contributed by atoms with van der Waals surface area (Å²) in [6, 6.07) is 9.83. The van der Waals surface area contributed by atoms with Gasteiger partial charge in [-0.2, -0.15) is 0 Å². The van der Waals surface area contributed by atoms with E-state index in [1.807, 2.05) is 24.3 Å². The molecular weight excluding hydrogens is 267 g/mol. The minimum atomic E-state index is 0.255. The highest BCUT2D eigenvalue weighted by Crippen LogP contribution is 2.19. The zero-order valence-electron chi connectivity index (χ0n) is 10.0. The van der Waals surface area contributed by atoms with E-state index >= 15 is 0 Å². The van der Waals surface area contributed by atoms with Gasteiger partial charge in [-0.3, -0.25) is 4.98 Å². The Morgan fingerprint density at radius 2 is 1.72 bits per heavy atom. The fourth-order valence-electron chi connectivity index (χ4n) is 1.75. The molecule has 94 valence electrons. The van der Waals surface area contributed by atoms with E-state index in [2.05, 4.69) is 17.2 Å². The van der Waals surface area contributed by atoms with E-state index in [1.165, 1.54) is 5.56 Å². The van der Waals surface area contributed by atoms with Gasteiger partial charge in [0.1, 0.15) is 0 Å². The quantitative estimate of drug-likeness (QED) is 0.906. The fourth-order valence-corrected chi connectivity index (χ4v) is 2.33. The summed E-state index contributed by atoms with van der Waals surface area (Å²) in [4.78, 5) is 4.01. The standard InChI is InChI=1S/C14H14Cl2N2/c1-10(12-2-4-17-5-3-12)18-9-11-6-13(15)8-14(16)7-11/h2-8,10,18H,9H2,1H3/t10-/m1/s1. The Bertz CT molecular complexity index is 494. The minimum absolute atomic E-state index is 0.255. The fraction of sp³-hybridized carbons (Fsp3) is 0.214. The van der Waals surface area contributed by atoms with Crippen molar-refractivity contribution in [1.29, 1.82) is 0 Å². The van der Waals surface area contributed by atoms with E-state index < -0.39 is 0 Å². The molecule has 1 aromatic heterocycles. The predicted octanol–water partition coefficient (Wildman–Crippen LogP) is 4.24. The van der Waals surface area contributed by atoms with Crippen molar-refractivity contribution in [1.82, 2.24) is 10.3 Å². The van der Waals surface area contributed by atoms with Crippen molar-refractivity contribution in [2.45, 2.75) is 19.5 Å². The minimum Gasteiger partial charge on any atom is -0.306 e. The summed E-state index contributed by atoms with van der Waals surface area (Å²) < 4.78 is 0. The Morgan fingerprint density at radius 3 is 2.33 bits per heavy atom. The monoisotopic (exact) mass is 280 g/mol. The molecule has 0 aliphatic heterocycles. The molecule has 0 radical (unpaired) electrons. The zero-order valence-corrected chi connectivity index (χ0v) is 11.5. The number of aromatic nitrogens is 1. The third-order valence-electron chi connectivity index (χ3n) is 2.74. The molecule has 0 aliphatic rings. The summed E-state index contributed by atoms with van der Waals surface area (Å²) in [5, 5.41) is 4.75. The molecule has 2 rings (SSSR count). The van der Waals surface area contributed by atoms with Gasteiger partial charge in [0, 0.05) is 35.0 Å². The average Bonchev–Trinajstić information content (AvgIpc) is 2.36. The lowest BCUT2D eigenvalue weighted by Crippen LogP contribution is -2.18. The van der Waals surface area contributed by atoms with E-state index in [4.69, 9.17) is 23.2 Å². The Balaban J connectivity index is 1.99. The highest BCUT2D eigenvalue weighted by atomic mass is 35.5. The van der Waals surface area contributed by atoms with Crippen LogP contribution in [0.2, 0.25) is 10.0 Å². The summed E-state index contributed by atoms with van der Waals surface area (Å²) in [6.07, 6.45) is 3.59. The van der Waals surface area contributed by atoms with Crippen LogP contribution in [0.5, 0.6) is 0 Å². The number of hydrogen-bond donors (Lipinski definition) is 1. The molecule has 0 bridgehead atoms. The second kappa shape index (κ2) is 6.19. The molecule has 2 aromatic rings. The maximum atomic E-state index is 5.96. The van der Waals surface area contributed by atoms with Crippen molar-refractivity contribution >= 4 is 23.2 Å². The zero-order chi connectivity index (χ0) is 13.0. The third-order valence-corrected chi connectivity index (χ3v) is 3.18. The van der Waals surface area contributed by atoms with E-state index in [9.17, 15) is 0 Å². The van der Waals surface area contributed by atoms with Crippen LogP contribution in [-0.2, 0) is 6.54 Å². The van der Waals surface area contributed by atoms with Crippen LogP contribution >= 0.6 is 23.2 Å². The smallest absolute Gasteiger partial charge is 0.0424 e. The molecule has 1 aromatic carbocycles. The summed E-state index contributed by atoms with van der Waals surface area (Å²) >= 11 is 11.9. The largest absolute Gasteiger partial charge is 0.306 e. The van der Waals surface area contributed by atoms with Crippen LogP contribution in [0.25, 0.3) is 0 Å². The molecule has 1 heterocycles. The average molecular weight is 281 g/mol. The number of nitrogens with one attached hydrogen (secondary N) is 1.